The van der Waals surface area contributed by atoms with Crippen LogP contribution in [0.3, 0.4) is 0 Å². The smallest absolute Gasteiger partial charge is 0.273 e. The second-order valence-electron chi connectivity index (χ2n) is 8.75. The van der Waals surface area contributed by atoms with Gasteiger partial charge < -0.3 is 20.1 Å². The van der Waals surface area contributed by atoms with E-state index in [9.17, 15) is 14.0 Å². The van der Waals surface area contributed by atoms with E-state index < -0.39 is 5.82 Å². The van der Waals surface area contributed by atoms with Gasteiger partial charge in [-0.3, -0.25) is 14.2 Å². The predicted molar refractivity (Wildman–Crippen MR) is 138 cm³/mol. The second-order valence-corrected chi connectivity index (χ2v) is 8.75. The Hall–Kier alpha value is -4.44. The molecule has 5 rings (SSSR count). The number of aromatic amines is 1. The highest BCUT2D eigenvalue weighted by atomic mass is 19.1. The first-order valence-corrected chi connectivity index (χ1v) is 11.8. The maximum Gasteiger partial charge on any atom is 0.273 e. The van der Waals surface area contributed by atoms with Crippen molar-refractivity contribution < 1.29 is 18.7 Å². The van der Waals surface area contributed by atoms with Crippen molar-refractivity contribution in [2.24, 2.45) is 0 Å². The molecule has 4 aromatic rings. The molecule has 0 spiro atoms. The third-order valence-electron chi connectivity index (χ3n) is 6.45. The molecule has 1 saturated heterocycles. The molecule has 1 fully saturated rings. The minimum absolute atomic E-state index is 0.108. The van der Waals surface area contributed by atoms with E-state index in [4.69, 9.17) is 15.2 Å². The number of hydrogen-bond acceptors (Lipinski definition) is 6. The van der Waals surface area contributed by atoms with Gasteiger partial charge in [0.1, 0.15) is 11.6 Å². The van der Waals surface area contributed by atoms with Crippen molar-refractivity contribution >= 4 is 22.6 Å². The van der Waals surface area contributed by atoms with Gasteiger partial charge in [-0.15, -0.1) is 0 Å². The first kappa shape index (κ1) is 24.3. The van der Waals surface area contributed by atoms with Crippen molar-refractivity contribution in [3.8, 4) is 17.2 Å². The number of para-hydroxylation sites is 1. The van der Waals surface area contributed by atoms with Crippen LogP contribution in [0.5, 0.6) is 11.5 Å². The van der Waals surface area contributed by atoms with Crippen LogP contribution in [0.25, 0.3) is 16.6 Å². The molecule has 0 bridgehead atoms. The number of benzene rings is 2. The molecule has 0 radical (unpaired) electrons. The third-order valence-corrected chi connectivity index (χ3v) is 6.45. The molecule has 0 aliphatic carbocycles. The average Bonchev–Trinajstić information content (AvgIpc) is 3.49. The first-order chi connectivity index (χ1) is 18.0. The largest absolute Gasteiger partial charge is 0.454 e. The number of halogens is 1. The molecule has 3 N–H and O–H groups in total. The van der Waals surface area contributed by atoms with Crippen molar-refractivity contribution in [1.29, 1.82) is 0 Å². The number of nitrogens with one attached hydrogen (secondary N) is 1. The van der Waals surface area contributed by atoms with E-state index in [0.717, 1.165) is 0 Å². The number of H-pyrrole nitrogens is 1. The number of rotatable bonds is 7. The van der Waals surface area contributed by atoms with E-state index in [1.165, 1.54) is 12.1 Å². The van der Waals surface area contributed by atoms with Crippen molar-refractivity contribution in [3.05, 3.63) is 88.6 Å². The Bertz CT molecular complexity index is 1530. The summed E-state index contributed by atoms with van der Waals surface area (Å²) in [6, 6.07) is 13.1. The number of methoxy groups -OCH3 is 1. The minimum Gasteiger partial charge on any atom is -0.454 e. The predicted octanol–water partition coefficient (Wildman–Crippen LogP) is 3.75. The van der Waals surface area contributed by atoms with Gasteiger partial charge in [0.05, 0.1) is 23.7 Å². The fourth-order valence-electron chi connectivity index (χ4n) is 4.75. The van der Waals surface area contributed by atoms with Gasteiger partial charge in [0.15, 0.2) is 11.6 Å². The Balaban J connectivity index is 1.48. The Morgan fingerprint density at radius 1 is 1.24 bits per heavy atom. The fraction of sp³-hybridized carbons (Fsp3) is 0.222. The van der Waals surface area contributed by atoms with Crippen molar-refractivity contribution in [1.82, 2.24) is 19.7 Å². The number of likely N-dealkylation sites (tertiary alicyclic amines) is 1. The fourth-order valence-corrected chi connectivity index (χ4v) is 4.75. The van der Waals surface area contributed by atoms with E-state index in [2.05, 4.69) is 10.2 Å². The number of nitrogens with zero attached hydrogens (tertiary/aromatic N) is 3. The Morgan fingerprint density at radius 3 is 2.78 bits per heavy atom. The Labute approximate surface area is 211 Å². The van der Waals surface area contributed by atoms with Crippen molar-refractivity contribution in [3.63, 3.8) is 0 Å². The highest BCUT2D eigenvalue weighted by Crippen LogP contribution is 2.39. The van der Waals surface area contributed by atoms with Gasteiger partial charge >= 0.3 is 0 Å². The molecular weight excluding hydrogens is 477 g/mol. The van der Waals surface area contributed by atoms with Crippen LogP contribution >= 0.6 is 0 Å². The Morgan fingerprint density at radius 2 is 2.03 bits per heavy atom. The normalized spacial score (nSPS) is 15.6. The molecule has 1 unspecified atom stereocenters. The number of fused-ring (bicyclic) bond motifs is 1. The summed E-state index contributed by atoms with van der Waals surface area (Å²) in [6.45, 7) is 1.35. The van der Waals surface area contributed by atoms with E-state index in [1.807, 2.05) is 0 Å². The van der Waals surface area contributed by atoms with Gasteiger partial charge in [0, 0.05) is 43.4 Å². The van der Waals surface area contributed by atoms with E-state index in [0.29, 0.717) is 59.8 Å². The standard InChI is InChI=1S/C27H26FN5O4/c1-36-14-4-7-23(34)32-13-12-17(16-32)24-25-21(15-30-31-27(25)35)33(26(24)29)18-8-10-19(11-9-18)37-22-6-3-2-5-20(22)28/h2-11,15,17H,12-14,16,29H2,1H3,(H,31,35). The van der Waals surface area contributed by atoms with Crippen LogP contribution < -0.4 is 16.0 Å². The molecule has 9 nitrogen and oxygen atoms in total. The lowest BCUT2D eigenvalue weighted by molar-refractivity contribution is -0.125. The summed E-state index contributed by atoms with van der Waals surface area (Å²) in [4.78, 5) is 27.2. The summed E-state index contributed by atoms with van der Waals surface area (Å²) in [5, 5.41) is 6.94. The zero-order chi connectivity index (χ0) is 25.9. The molecular formula is C27H26FN5O4. The molecule has 1 aliphatic heterocycles. The average molecular weight is 504 g/mol. The number of hydrogen-bond donors (Lipinski definition) is 2. The summed E-state index contributed by atoms with van der Waals surface area (Å²) >= 11 is 0. The maximum absolute atomic E-state index is 14.0. The molecule has 3 heterocycles. The van der Waals surface area contributed by atoms with Gasteiger partial charge in [0.25, 0.3) is 5.56 Å². The summed E-state index contributed by atoms with van der Waals surface area (Å²) in [5.41, 5.74) is 8.27. The number of aromatic nitrogens is 3. The molecule has 2 aromatic heterocycles. The molecule has 190 valence electrons. The molecule has 1 amide bonds. The van der Waals surface area contributed by atoms with Crippen molar-refractivity contribution in [2.75, 3.05) is 32.5 Å². The third kappa shape index (κ3) is 4.70. The SMILES string of the molecule is COCC=CC(=O)N1CCC(c2c(N)n(-c3ccc(Oc4ccccc4F)cc3)c3cn[nH]c(=O)c23)C1. The number of carbonyl (C=O) groups is 1. The lowest BCUT2D eigenvalue weighted by atomic mass is 9.98. The Kier molecular flexibility index (Phi) is 6.74. The van der Waals surface area contributed by atoms with Gasteiger partial charge in [-0.1, -0.05) is 18.2 Å². The number of ether oxygens (including phenoxy) is 2. The number of anilines is 1. The molecule has 0 saturated carbocycles. The highest BCUT2D eigenvalue weighted by Gasteiger charge is 2.32. The van der Waals surface area contributed by atoms with Crippen LogP contribution in [-0.2, 0) is 9.53 Å². The van der Waals surface area contributed by atoms with Gasteiger partial charge in [-0.2, -0.15) is 5.10 Å². The molecule has 1 aliphatic rings. The molecule has 37 heavy (non-hydrogen) atoms. The van der Waals surface area contributed by atoms with Gasteiger partial charge in [0.2, 0.25) is 5.91 Å². The van der Waals surface area contributed by atoms with Gasteiger partial charge in [-0.25, -0.2) is 9.49 Å². The number of carbonyl (C=O) groups excluding carboxylic acids is 1. The maximum atomic E-state index is 14.0. The monoisotopic (exact) mass is 503 g/mol. The summed E-state index contributed by atoms with van der Waals surface area (Å²) in [5.74, 6) is 0.299. The minimum atomic E-state index is -0.458. The quantitative estimate of drug-likeness (QED) is 0.371. The van der Waals surface area contributed by atoms with Gasteiger partial charge in [-0.05, 0) is 42.8 Å². The van der Waals surface area contributed by atoms with Crippen molar-refractivity contribution in [2.45, 2.75) is 12.3 Å². The van der Waals surface area contributed by atoms with E-state index in [1.54, 1.807) is 71.3 Å². The zero-order valence-electron chi connectivity index (χ0n) is 20.2. The lowest BCUT2D eigenvalue weighted by Gasteiger charge is -2.15. The number of nitrogen functional groups attached to an aromatic ring is 1. The van der Waals surface area contributed by atoms with Crippen LogP contribution in [0.2, 0.25) is 0 Å². The van der Waals surface area contributed by atoms with Crippen LogP contribution in [-0.4, -0.2) is 52.4 Å². The molecule has 1 atom stereocenters. The van der Waals surface area contributed by atoms with Crippen LogP contribution in [0, 0.1) is 5.82 Å². The van der Waals surface area contributed by atoms with E-state index in [-0.39, 0.29) is 23.1 Å². The number of nitrogens with two attached hydrogens (primary N) is 1. The van der Waals surface area contributed by atoms with E-state index >= 15 is 0 Å². The zero-order valence-corrected chi connectivity index (χ0v) is 20.2. The summed E-state index contributed by atoms with van der Waals surface area (Å²) in [6.07, 6.45) is 5.40. The first-order valence-electron chi connectivity index (χ1n) is 11.8. The summed E-state index contributed by atoms with van der Waals surface area (Å²) in [7, 11) is 1.56. The molecule has 2 aromatic carbocycles. The van der Waals surface area contributed by atoms with Crippen LogP contribution in [0.15, 0.2) is 71.7 Å². The number of amides is 1. The summed E-state index contributed by atoms with van der Waals surface area (Å²) < 4.78 is 26.4. The lowest BCUT2D eigenvalue weighted by Crippen LogP contribution is -2.26. The molecule has 10 heteroatoms. The second kappa shape index (κ2) is 10.3. The van der Waals surface area contributed by atoms with Crippen LogP contribution in [0.1, 0.15) is 17.9 Å². The van der Waals surface area contributed by atoms with Crippen LogP contribution in [0.4, 0.5) is 10.2 Å². The highest BCUT2D eigenvalue weighted by molar-refractivity contribution is 5.91. The topological polar surface area (TPSA) is 115 Å².